The van der Waals surface area contributed by atoms with Crippen molar-refractivity contribution in [3.05, 3.63) is 0 Å². The van der Waals surface area contributed by atoms with Crippen molar-refractivity contribution in [1.29, 1.82) is 0 Å². The summed E-state index contributed by atoms with van der Waals surface area (Å²) in [4.78, 5) is 0. The molecule has 0 bridgehead atoms. The lowest BCUT2D eigenvalue weighted by atomic mass is 9.87. The van der Waals surface area contributed by atoms with Crippen LogP contribution in [0.5, 0.6) is 0 Å². The summed E-state index contributed by atoms with van der Waals surface area (Å²) in [5.41, 5.74) is 0.242. The molecule has 0 spiro atoms. The van der Waals surface area contributed by atoms with Crippen LogP contribution in [-0.2, 0) is 4.74 Å². The SMILES string of the molecule is COC(CNC1CCC1)C(C)(C)C. The van der Waals surface area contributed by atoms with E-state index in [1.54, 1.807) is 7.11 Å². The van der Waals surface area contributed by atoms with E-state index in [1.165, 1.54) is 19.3 Å². The van der Waals surface area contributed by atoms with Crippen LogP contribution in [0.15, 0.2) is 0 Å². The fourth-order valence-corrected chi connectivity index (χ4v) is 1.63. The normalized spacial score (nSPS) is 21.2. The van der Waals surface area contributed by atoms with Crippen LogP contribution in [0, 0.1) is 5.41 Å². The van der Waals surface area contributed by atoms with E-state index >= 15 is 0 Å². The highest BCUT2D eigenvalue weighted by molar-refractivity contribution is 4.81. The molecule has 1 N–H and O–H groups in total. The van der Waals surface area contributed by atoms with Crippen LogP contribution < -0.4 is 5.32 Å². The molecule has 0 amide bonds. The molecule has 2 nitrogen and oxygen atoms in total. The molecule has 1 aliphatic rings. The Morgan fingerprint density at radius 3 is 2.31 bits per heavy atom. The van der Waals surface area contributed by atoms with E-state index < -0.39 is 0 Å². The molecule has 1 aliphatic carbocycles. The molecular weight excluding hydrogens is 162 g/mol. The first-order valence-corrected chi connectivity index (χ1v) is 5.30. The van der Waals surface area contributed by atoms with Gasteiger partial charge in [0.2, 0.25) is 0 Å². The van der Waals surface area contributed by atoms with Gasteiger partial charge in [-0.05, 0) is 18.3 Å². The van der Waals surface area contributed by atoms with Crippen LogP contribution in [0.4, 0.5) is 0 Å². The lowest BCUT2D eigenvalue weighted by molar-refractivity contribution is 0.0138. The first-order chi connectivity index (χ1) is 6.04. The Morgan fingerprint density at radius 2 is 2.00 bits per heavy atom. The molecule has 1 atom stereocenters. The third-order valence-electron chi connectivity index (χ3n) is 2.95. The van der Waals surface area contributed by atoms with Crippen molar-refractivity contribution in [3.8, 4) is 0 Å². The minimum atomic E-state index is 0.242. The van der Waals surface area contributed by atoms with Gasteiger partial charge in [-0.2, -0.15) is 0 Å². The molecule has 0 aromatic heterocycles. The molecule has 0 aliphatic heterocycles. The maximum atomic E-state index is 5.47. The van der Waals surface area contributed by atoms with E-state index in [9.17, 15) is 0 Å². The van der Waals surface area contributed by atoms with Gasteiger partial charge in [0.25, 0.3) is 0 Å². The second kappa shape index (κ2) is 4.43. The van der Waals surface area contributed by atoms with E-state index in [-0.39, 0.29) is 5.41 Å². The first-order valence-electron chi connectivity index (χ1n) is 5.30. The summed E-state index contributed by atoms with van der Waals surface area (Å²) in [6.45, 7) is 7.67. The average molecular weight is 185 g/mol. The molecule has 78 valence electrons. The Balaban J connectivity index is 2.22. The van der Waals surface area contributed by atoms with Crippen LogP contribution in [0.3, 0.4) is 0 Å². The predicted octanol–water partition coefficient (Wildman–Crippen LogP) is 2.19. The average Bonchev–Trinajstić information content (AvgIpc) is 1.91. The van der Waals surface area contributed by atoms with Gasteiger partial charge < -0.3 is 10.1 Å². The van der Waals surface area contributed by atoms with Crippen molar-refractivity contribution in [3.63, 3.8) is 0 Å². The predicted molar refractivity (Wildman–Crippen MR) is 55.9 cm³/mol. The van der Waals surface area contributed by atoms with Crippen LogP contribution in [0.2, 0.25) is 0 Å². The van der Waals surface area contributed by atoms with Gasteiger partial charge in [0.1, 0.15) is 0 Å². The Labute approximate surface area is 82.0 Å². The van der Waals surface area contributed by atoms with E-state index in [1.807, 2.05) is 0 Å². The van der Waals surface area contributed by atoms with Crippen LogP contribution in [0.1, 0.15) is 40.0 Å². The van der Waals surface area contributed by atoms with E-state index in [4.69, 9.17) is 4.74 Å². The molecule has 1 unspecified atom stereocenters. The minimum Gasteiger partial charge on any atom is -0.380 e. The Morgan fingerprint density at radius 1 is 1.38 bits per heavy atom. The van der Waals surface area contributed by atoms with E-state index in [0.29, 0.717) is 6.10 Å². The summed E-state index contributed by atoms with van der Waals surface area (Å²) < 4.78 is 5.47. The van der Waals surface area contributed by atoms with E-state index in [0.717, 1.165) is 12.6 Å². The molecule has 0 aromatic rings. The molecule has 1 rings (SSSR count). The highest BCUT2D eigenvalue weighted by Crippen LogP contribution is 2.23. The fraction of sp³-hybridized carbons (Fsp3) is 1.00. The van der Waals surface area contributed by atoms with Gasteiger partial charge >= 0.3 is 0 Å². The summed E-state index contributed by atoms with van der Waals surface area (Å²) in [5.74, 6) is 0. The zero-order valence-corrected chi connectivity index (χ0v) is 9.39. The van der Waals surface area contributed by atoms with E-state index in [2.05, 4.69) is 26.1 Å². The monoisotopic (exact) mass is 185 g/mol. The molecule has 2 heteroatoms. The number of hydrogen-bond acceptors (Lipinski definition) is 2. The summed E-state index contributed by atoms with van der Waals surface area (Å²) >= 11 is 0. The highest BCUT2D eigenvalue weighted by Gasteiger charge is 2.26. The number of rotatable bonds is 4. The molecule has 13 heavy (non-hydrogen) atoms. The van der Waals surface area contributed by atoms with Gasteiger partial charge in [0.15, 0.2) is 0 Å². The first kappa shape index (κ1) is 11.0. The van der Waals surface area contributed by atoms with Gasteiger partial charge in [-0.15, -0.1) is 0 Å². The third kappa shape index (κ3) is 3.28. The molecule has 1 fully saturated rings. The quantitative estimate of drug-likeness (QED) is 0.725. The molecule has 0 aromatic carbocycles. The Kier molecular flexibility index (Phi) is 3.74. The second-order valence-electron chi connectivity index (χ2n) is 5.13. The summed E-state index contributed by atoms with van der Waals surface area (Å²) in [7, 11) is 1.80. The number of methoxy groups -OCH3 is 1. The van der Waals surface area contributed by atoms with Gasteiger partial charge in [-0.1, -0.05) is 27.2 Å². The summed E-state index contributed by atoms with van der Waals surface area (Å²) in [5, 5.41) is 3.55. The zero-order chi connectivity index (χ0) is 9.90. The summed E-state index contributed by atoms with van der Waals surface area (Å²) in [6.07, 6.45) is 4.42. The Hall–Kier alpha value is -0.0800. The van der Waals surface area contributed by atoms with Crippen molar-refractivity contribution >= 4 is 0 Å². The fourth-order valence-electron chi connectivity index (χ4n) is 1.63. The van der Waals surface area contributed by atoms with Gasteiger partial charge in [0.05, 0.1) is 6.10 Å². The molecular formula is C11H23NO. The summed E-state index contributed by atoms with van der Waals surface area (Å²) in [6, 6.07) is 0.764. The topological polar surface area (TPSA) is 21.3 Å². The maximum Gasteiger partial charge on any atom is 0.0743 e. The number of nitrogens with one attached hydrogen (secondary N) is 1. The van der Waals surface area contributed by atoms with Crippen molar-refractivity contribution < 1.29 is 4.74 Å². The van der Waals surface area contributed by atoms with Crippen molar-refractivity contribution in [2.24, 2.45) is 5.41 Å². The lowest BCUT2D eigenvalue weighted by Gasteiger charge is -2.33. The van der Waals surface area contributed by atoms with Crippen molar-refractivity contribution in [2.45, 2.75) is 52.2 Å². The van der Waals surface area contributed by atoms with Crippen molar-refractivity contribution in [1.82, 2.24) is 5.32 Å². The number of ether oxygens (including phenoxy) is 1. The van der Waals surface area contributed by atoms with Crippen molar-refractivity contribution in [2.75, 3.05) is 13.7 Å². The molecule has 0 saturated heterocycles. The standard InChI is InChI=1S/C11H23NO/c1-11(2,3)10(13-4)8-12-9-6-5-7-9/h9-10,12H,5-8H2,1-4H3. The lowest BCUT2D eigenvalue weighted by Crippen LogP contribution is -2.44. The zero-order valence-electron chi connectivity index (χ0n) is 9.39. The smallest absolute Gasteiger partial charge is 0.0743 e. The molecule has 0 radical (unpaired) electrons. The second-order valence-corrected chi connectivity index (χ2v) is 5.13. The third-order valence-corrected chi connectivity index (χ3v) is 2.95. The van der Waals surface area contributed by atoms with Crippen LogP contribution >= 0.6 is 0 Å². The maximum absolute atomic E-state index is 5.47. The number of hydrogen-bond donors (Lipinski definition) is 1. The molecule has 0 heterocycles. The van der Waals surface area contributed by atoms with Gasteiger partial charge in [-0.25, -0.2) is 0 Å². The van der Waals surface area contributed by atoms with Gasteiger partial charge in [-0.3, -0.25) is 0 Å². The largest absolute Gasteiger partial charge is 0.380 e. The van der Waals surface area contributed by atoms with Crippen LogP contribution in [0.25, 0.3) is 0 Å². The van der Waals surface area contributed by atoms with Gasteiger partial charge in [0, 0.05) is 19.7 Å². The molecule has 1 saturated carbocycles. The highest BCUT2D eigenvalue weighted by atomic mass is 16.5. The minimum absolute atomic E-state index is 0.242. The Bertz CT molecular complexity index is 147. The van der Waals surface area contributed by atoms with Crippen LogP contribution in [-0.4, -0.2) is 25.8 Å².